The second kappa shape index (κ2) is 13.9. The molecule has 1 saturated heterocycles. The molecular formula is C34H40Cl3FN2O3Si. The van der Waals surface area contributed by atoms with E-state index in [2.05, 4.69) is 31.9 Å². The maximum Gasteiger partial charge on any atom is 0.238 e. The molecule has 0 saturated carbocycles. The van der Waals surface area contributed by atoms with Gasteiger partial charge in [0.1, 0.15) is 11.2 Å². The number of carbonyl (C=O) groups excluding carboxylic acids is 2. The second-order valence-corrected chi connectivity index (χ2v) is 19.4. The normalized spacial score (nSPS) is 21.9. The fourth-order valence-corrected chi connectivity index (χ4v) is 7.48. The predicted molar refractivity (Wildman–Crippen MR) is 181 cm³/mol. The van der Waals surface area contributed by atoms with Gasteiger partial charge in [-0.1, -0.05) is 67.1 Å². The molecule has 1 spiro atoms. The maximum atomic E-state index is 14.6. The van der Waals surface area contributed by atoms with Crippen LogP contribution in [0.3, 0.4) is 0 Å². The van der Waals surface area contributed by atoms with Crippen LogP contribution in [0.1, 0.15) is 54.0 Å². The lowest BCUT2D eigenvalue weighted by Crippen LogP contribution is -2.58. The zero-order valence-electron chi connectivity index (χ0n) is 26.0. The van der Waals surface area contributed by atoms with Crippen LogP contribution in [0, 0.1) is 12.7 Å². The minimum absolute atomic E-state index is 0.0408. The van der Waals surface area contributed by atoms with Crippen molar-refractivity contribution in [2.45, 2.75) is 69.4 Å². The van der Waals surface area contributed by atoms with Gasteiger partial charge in [0.25, 0.3) is 0 Å². The number of amides is 2. The highest BCUT2D eigenvalue weighted by Gasteiger charge is 2.63. The Morgan fingerprint density at radius 3 is 2.39 bits per heavy atom. The first kappa shape index (κ1) is 34.5. The van der Waals surface area contributed by atoms with E-state index in [1.54, 1.807) is 42.3 Å². The number of ether oxygens (including phenoxy) is 1. The number of fused-ring (bicyclic) bond motifs is 2. The summed E-state index contributed by atoms with van der Waals surface area (Å²) in [4.78, 5) is 29.8. The molecule has 2 heterocycles. The van der Waals surface area contributed by atoms with E-state index in [0.29, 0.717) is 45.9 Å². The molecule has 0 radical (unpaired) electrons. The SMILES string of the molecule is COC(C)[Si](C)(C)C.Cc1ccc(F)cc1C1CC(=O)N(CCCCl)C(c2cccc(Cl)c2)C12C(=O)Nc1cc(Cl)ccc12. The lowest BCUT2D eigenvalue weighted by molar-refractivity contribution is -0.145. The summed E-state index contributed by atoms with van der Waals surface area (Å²) in [5.41, 5.74) is 2.71. The number of piperidine rings is 1. The van der Waals surface area contributed by atoms with Crippen LogP contribution in [0.2, 0.25) is 29.7 Å². The summed E-state index contributed by atoms with van der Waals surface area (Å²) in [6.07, 6.45) is 0.596. The molecule has 44 heavy (non-hydrogen) atoms. The molecule has 0 aromatic heterocycles. The largest absolute Gasteiger partial charge is 0.385 e. The zero-order valence-corrected chi connectivity index (χ0v) is 29.3. The third-order valence-electron chi connectivity index (χ3n) is 8.93. The number of nitrogens with zero attached hydrogens (tertiary/aromatic N) is 1. The molecular weight excluding hydrogens is 638 g/mol. The van der Waals surface area contributed by atoms with Crippen molar-refractivity contribution in [3.05, 3.63) is 98.8 Å². The van der Waals surface area contributed by atoms with E-state index < -0.39 is 31.3 Å². The number of halogens is 4. The van der Waals surface area contributed by atoms with Crippen molar-refractivity contribution in [2.75, 3.05) is 24.9 Å². The lowest BCUT2D eigenvalue weighted by Gasteiger charge is -2.52. The van der Waals surface area contributed by atoms with Crippen LogP contribution in [0.4, 0.5) is 10.1 Å². The van der Waals surface area contributed by atoms with Gasteiger partial charge in [-0.15, -0.1) is 11.6 Å². The van der Waals surface area contributed by atoms with E-state index in [1.165, 1.54) is 12.1 Å². The highest BCUT2D eigenvalue weighted by molar-refractivity contribution is 6.77. The van der Waals surface area contributed by atoms with Crippen LogP contribution in [-0.2, 0) is 19.7 Å². The number of hydrogen-bond donors (Lipinski definition) is 1. The Morgan fingerprint density at radius 1 is 1.07 bits per heavy atom. The van der Waals surface area contributed by atoms with Crippen molar-refractivity contribution in [3.63, 3.8) is 0 Å². The van der Waals surface area contributed by atoms with Gasteiger partial charge < -0.3 is 15.0 Å². The number of methoxy groups -OCH3 is 1. The van der Waals surface area contributed by atoms with Gasteiger partial charge in [-0.3, -0.25) is 9.59 Å². The summed E-state index contributed by atoms with van der Waals surface area (Å²) >= 11 is 18.7. The monoisotopic (exact) mass is 676 g/mol. The van der Waals surface area contributed by atoms with E-state index in [0.717, 1.165) is 16.7 Å². The average molecular weight is 678 g/mol. The Balaban J connectivity index is 0.000000488. The Bertz CT molecular complexity index is 1530. The molecule has 5 rings (SSSR count). The number of carbonyl (C=O) groups is 2. The van der Waals surface area contributed by atoms with Gasteiger partial charge in [-0.05, 0) is 78.9 Å². The van der Waals surface area contributed by atoms with Crippen molar-refractivity contribution in [1.82, 2.24) is 4.90 Å². The van der Waals surface area contributed by atoms with Gasteiger partial charge in [-0.25, -0.2) is 4.39 Å². The summed E-state index contributed by atoms with van der Waals surface area (Å²) in [6.45, 7) is 11.3. The van der Waals surface area contributed by atoms with Crippen molar-refractivity contribution < 1.29 is 18.7 Å². The lowest BCUT2D eigenvalue weighted by atomic mass is 9.58. The number of hydrogen-bond acceptors (Lipinski definition) is 3. The number of anilines is 1. The summed E-state index contributed by atoms with van der Waals surface area (Å²) < 4.78 is 19.8. The molecule has 10 heteroatoms. The molecule has 2 aliphatic rings. The molecule has 4 atom stereocenters. The Kier molecular flexibility index (Phi) is 10.9. The predicted octanol–water partition coefficient (Wildman–Crippen LogP) is 8.92. The van der Waals surface area contributed by atoms with Crippen LogP contribution in [-0.4, -0.2) is 50.0 Å². The first-order chi connectivity index (χ1) is 20.7. The Hall–Kier alpha value is -2.42. The van der Waals surface area contributed by atoms with E-state index >= 15 is 0 Å². The summed E-state index contributed by atoms with van der Waals surface area (Å²) in [7, 11) is 0.798. The Morgan fingerprint density at radius 2 is 1.77 bits per heavy atom. The zero-order chi connectivity index (χ0) is 32.4. The standard InChI is InChI=1S/C28H24Cl3FN2O2.C6H16OSi/c1-16-6-8-20(32)14-21(16)23-15-25(35)34(11-3-10-29)26(17-4-2-5-18(30)12-17)28(23)22-9-7-19(31)13-24(22)33-27(28)36;1-6(7-2)8(3,4)5/h2,4-9,12-14,23,26H,3,10-11,15H2,1H3,(H,33,36);6H,1-5H3. The molecule has 5 nitrogen and oxygen atoms in total. The molecule has 3 aromatic rings. The van der Waals surface area contributed by atoms with Gasteiger partial charge in [0.15, 0.2) is 0 Å². The summed E-state index contributed by atoms with van der Waals surface area (Å²) in [5.74, 6) is -1.07. The highest BCUT2D eigenvalue weighted by atomic mass is 35.5. The van der Waals surface area contributed by atoms with Crippen LogP contribution >= 0.6 is 34.8 Å². The molecule has 0 aliphatic carbocycles. The van der Waals surface area contributed by atoms with Gasteiger partial charge in [0.05, 0.1) is 14.1 Å². The smallest absolute Gasteiger partial charge is 0.238 e. The molecule has 2 aliphatic heterocycles. The third-order valence-corrected chi connectivity index (χ3v) is 12.3. The van der Waals surface area contributed by atoms with Gasteiger partial charge in [-0.2, -0.15) is 0 Å². The number of benzene rings is 3. The van der Waals surface area contributed by atoms with E-state index in [4.69, 9.17) is 39.5 Å². The highest BCUT2D eigenvalue weighted by Crippen LogP contribution is 2.60. The first-order valence-corrected chi connectivity index (χ1v) is 19.6. The number of rotatable bonds is 7. The molecule has 236 valence electrons. The fraction of sp³-hybridized carbons (Fsp3) is 0.412. The topological polar surface area (TPSA) is 58.6 Å². The molecule has 3 aromatic carbocycles. The van der Waals surface area contributed by atoms with Crippen LogP contribution < -0.4 is 5.32 Å². The van der Waals surface area contributed by atoms with Gasteiger partial charge in [0.2, 0.25) is 11.8 Å². The van der Waals surface area contributed by atoms with Crippen molar-refractivity contribution >= 4 is 60.4 Å². The number of aryl methyl sites for hydroxylation is 1. The maximum absolute atomic E-state index is 14.6. The fourth-order valence-electron chi connectivity index (χ4n) is 6.28. The van der Waals surface area contributed by atoms with Gasteiger partial charge in [0, 0.05) is 53.3 Å². The molecule has 0 bridgehead atoms. The molecule has 2 amide bonds. The number of alkyl halides is 1. The van der Waals surface area contributed by atoms with Crippen molar-refractivity contribution in [2.24, 2.45) is 0 Å². The molecule has 4 unspecified atom stereocenters. The third kappa shape index (κ3) is 6.73. The molecule has 1 fully saturated rings. The van der Waals surface area contributed by atoms with Crippen LogP contribution in [0.25, 0.3) is 0 Å². The quantitative estimate of drug-likeness (QED) is 0.201. The summed E-state index contributed by atoms with van der Waals surface area (Å²) in [5, 5.41) is 4.00. The average Bonchev–Trinajstić information content (AvgIpc) is 3.24. The first-order valence-electron chi connectivity index (χ1n) is 14.8. The van der Waals surface area contributed by atoms with Crippen LogP contribution in [0.5, 0.6) is 0 Å². The number of likely N-dealkylation sites (tertiary alicyclic amines) is 1. The second-order valence-electron chi connectivity index (χ2n) is 12.6. The van der Waals surface area contributed by atoms with E-state index in [-0.39, 0.29) is 18.2 Å². The van der Waals surface area contributed by atoms with E-state index in [1.807, 2.05) is 25.1 Å². The number of nitrogens with one attached hydrogen (secondary N) is 1. The summed E-state index contributed by atoms with van der Waals surface area (Å²) in [6, 6.07) is 16.3. The minimum atomic E-state index is -1.25. The Labute approximate surface area is 276 Å². The minimum Gasteiger partial charge on any atom is -0.385 e. The molecule has 1 N–H and O–H groups in total. The van der Waals surface area contributed by atoms with Crippen molar-refractivity contribution in [3.8, 4) is 0 Å². The van der Waals surface area contributed by atoms with Gasteiger partial charge >= 0.3 is 0 Å². The van der Waals surface area contributed by atoms with E-state index in [9.17, 15) is 14.0 Å². The van der Waals surface area contributed by atoms with Crippen LogP contribution in [0.15, 0.2) is 60.7 Å². The van der Waals surface area contributed by atoms with Crippen molar-refractivity contribution in [1.29, 1.82) is 0 Å².